The number of halogens is 3. The number of carbonyl (C=O) groups is 1. The fourth-order valence-electron chi connectivity index (χ4n) is 1.66. The van der Waals surface area contributed by atoms with E-state index in [2.05, 4.69) is 5.10 Å². The summed E-state index contributed by atoms with van der Waals surface area (Å²) in [5, 5.41) is 4.00. The molecule has 1 heterocycles. The van der Waals surface area contributed by atoms with Crippen LogP contribution in [0.4, 0.5) is 13.2 Å². The van der Waals surface area contributed by atoms with E-state index in [1.54, 1.807) is 0 Å². The average molecular weight is 284 g/mol. The Morgan fingerprint density at radius 1 is 1.25 bits per heavy atom. The monoisotopic (exact) mass is 284 g/mol. The highest BCUT2D eigenvalue weighted by Gasteiger charge is 2.30. The van der Waals surface area contributed by atoms with Crippen molar-refractivity contribution in [1.82, 2.24) is 9.78 Å². The number of hydrogen-bond acceptors (Lipinski definition) is 3. The van der Waals surface area contributed by atoms with Crippen molar-refractivity contribution >= 4 is 5.78 Å². The van der Waals surface area contributed by atoms with Crippen LogP contribution in [-0.2, 0) is 6.18 Å². The number of Topliss-reactive ketones (excluding diaryl/α,β-unsaturated/α-hetero) is 1. The van der Waals surface area contributed by atoms with Crippen molar-refractivity contribution < 1.29 is 22.7 Å². The second-order valence-corrected chi connectivity index (χ2v) is 4.08. The van der Waals surface area contributed by atoms with E-state index in [0.717, 1.165) is 12.1 Å². The first-order valence-corrected chi connectivity index (χ1v) is 5.65. The van der Waals surface area contributed by atoms with Crippen molar-refractivity contribution in [1.29, 1.82) is 0 Å². The van der Waals surface area contributed by atoms with Crippen LogP contribution in [0.3, 0.4) is 0 Å². The summed E-state index contributed by atoms with van der Waals surface area (Å²) in [5.41, 5.74) is -0.191. The van der Waals surface area contributed by atoms with Crippen LogP contribution in [-0.4, -0.2) is 22.7 Å². The molecule has 1 aromatic heterocycles. The highest BCUT2D eigenvalue weighted by atomic mass is 19.4. The molecule has 2 rings (SSSR count). The van der Waals surface area contributed by atoms with E-state index < -0.39 is 11.7 Å². The van der Waals surface area contributed by atoms with E-state index in [1.165, 1.54) is 36.9 Å². The molecule has 2 aromatic rings. The van der Waals surface area contributed by atoms with Crippen LogP contribution in [0.15, 0.2) is 30.3 Å². The summed E-state index contributed by atoms with van der Waals surface area (Å²) in [6.07, 6.45) is -4.39. The number of benzene rings is 1. The van der Waals surface area contributed by atoms with Crippen LogP contribution < -0.4 is 4.74 Å². The van der Waals surface area contributed by atoms with Crippen molar-refractivity contribution in [2.75, 3.05) is 7.11 Å². The van der Waals surface area contributed by atoms with Crippen molar-refractivity contribution in [3.05, 3.63) is 41.6 Å². The largest absolute Gasteiger partial charge is 0.481 e. The van der Waals surface area contributed by atoms with Gasteiger partial charge in [-0.3, -0.25) is 4.79 Å². The minimum Gasteiger partial charge on any atom is -0.481 e. The van der Waals surface area contributed by atoms with Crippen LogP contribution in [0.5, 0.6) is 5.88 Å². The molecular formula is C13H11F3N2O2. The van der Waals surface area contributed by atoms with E-state index >= 15 is 0 Å². The first-order chi connectivity index (χ1) is 9.32. The van der Waals surface area contributed by atoms with Gasteiger partial charge in [-0.25, -0.2) is 4.68 Å². The van der Waals surface area contributed by atoms with Gasteiger partial charge in [0.1, 0.15) is 5.69 Å². The lowest BCUT2D eigenvalue weighted by Gasteiger charge is -2.09. The number of alkyl halides is 3. The lowest BCUT2D eigenvalue weighted by molar-refractivity contribution is -0.137. The second-order valence-electron chi connectivity index (χ2n) is 4.08. The number of methoxy groups -OCH3 is 1. The Hall–Kier alpha value is -2.31. The molecule has 0 aliphatic rings. The third-order valence-electron chi connectivity index (χ3n) is 2.69. The Kier molecular flexibility index (Phi) is 3.52. The summed E-state index contributed by atoms with van der Waals surface area (Å²) in [4.78, 5) is 11.3. The van der Waals surface area contributed by atoms with E-state index in [4.69, 9.17) is 4.74 Å². The molecule has 0 amide bonds. The highest BCUT2D eigenvalue weighted by molar-refractivity contribution is 5.92. The van der Waals surface area contributed by atoms with E-state index in [-0.39, 0.29) is 17.4 Å². The Bertz CT molecular complexity index is 630. The number of hydrogen-bond donors (Lipinski definition) is 0. The predicted octanol–water partition coefficient (Wildman–Crippen LogP) is 3.10. The first kappa shape index (κ1) is 14.1. The van der Waals surface area contributed by atoms with Crippen molar-refractivity contribution in [3.63, 3.8) is 0 Å². The fraction of sp³-hybridized carbons (Fsp3) is 0.231. The van der Waals surface area contributed by atoms with Crippen molar-refractivity contribution in [2.24, 2.45) is 0 Å². The Labute approximate surface area is 112 Å². The van der Waals surface area contributed by atoms with Gasteiger partial charge in [-0.05, 0) is 24.3 Å². The number of ether oxygens (including phenoxy) is 1. The van der Waals surface area contributed by atoms with Crippen molar-refractivity contribution in [3.8, 4) is 11.6 Å². The second kappa shape index (κ2) is 4.99. The summed E-state index contributed by atoms with van der Waals surface area (Å²) in [5.74, 6) is 0.0175. The van der Waals surface area contributed by atoms with Crippen LogP contribution in [0.1, 0.15) is 23.0 Å². The number of aromatic nitrogens is 2. The average Bonchev–Trinajstić information content (AvgIpc) is 2.82. The molecule has 0 radical (unpaired) electrons. The van der Waals surface area contributed by atoms with Gasteiger partial charge >= 0.3 is 6.18 Å². The molecule has 0 bridgehead atoms. The summed E-state index contributed by atoms with van der Waals surface area (Å²) in [6, 6.07) is 5.86. The molecule has 106 valence electrons. The van der Waals surface area contributed by atoms with Gasteiger partial charge in [0, 0.05) is 13.0 Å². The maximum Gasteiger partial charge on any atom is 0.416 e. The normalized spacial score (nSPS) is 11.4. The van der Waals surface area contributed by atoms with E-state index in [9.17, 15) is 18.0 Å². The molecule has 0 aliphatic carbocycles. The summed E-state index contributed by atoms with van der Waals surface area (Å²) < 4.78 is 43.8. The molecular weight excluding hydrogens is 273 g/mol. The number of rotatable bonds is 3. The summed E-state index contributed by atoms with van der Waals surface area (Å²) in [7, 11) is 1.39. The molecule has 0 fully saturated rings. The first-order valence-electron chi connectivity index (χ1n) is 5.65. The van der Waals surface area contributed by atoms with Crippen LogP contribution >= 0.6 is 0 Å². The molecule has 0 saturated heterocycles. The third kappa shape index (κ3) is 2.66. The van der Waals surface area contributed by atoms with Crippen LogP contribution in [0, 0.1) is 0 Å². The zero-order chi connectivity index (χ0) is 14.9. The van der Waals surface area contributed by atoms with Gasteiger partial charge < -0.3 is 4.74 Å². The maximum absolute atomic E-state index is 12.5. The fourth-order valence-corrected chi connectivity index (χ4v) is 1.66. The Balaban J connectivity index is 2.43. The SMILES string of the molecule is COc1cc(C(C)=O)nn1-c1ccc(C(F)(F)F)cc1. The summed E-state index contributed by atoms with van der Waals surface area (Å²) >= 11 is 0. The van der Waals surface area contributed by atoms with Gasteiger partial charge in [-0.1, -0.05) is 0 Å². The molecule has 0 spiro atoms. The minimum absolute atomic E-state index is 0.182. The molecule has 20 heavy (non-hydrogen) atoms. The topological polar surface area (TPSA) is 44.1 Å². The molecule has 0 unspecified atom stereocenters. The Morgan fingerprint density at radius 2 is 1.85 bits per heavy atom. The van der Waals surface area contributed by atoms with Gasteiger partial charge in [0.15, 0.2) is 5.78 Å². The van der Waals surface area contributed by atoms with Gasteiger partial charge in [0.2, 0.25) is 5.88 Å². The maximum atomic E-state index is 12.5. The number of ketones is 1. The highest BCUT2D eigenvalue weighted by Crippen LogP contribution is 2.30. The lowest BCUT2D eigenvalue weighted by Crippen LogP contribution is -2.06. The number of nitrogens with zero attached hydrogens (tertiary/aromatic N) is 2. The quantitative estimate of drug-likeness (QED) is 0.813. The van der Waals surface area contributed by atoms with Gasteiger partial charge in [0.25, 0.3) is 0 Å². The lowest BCUT2D eigenvalue weighted by atomic mass is 10.2. The van der Waals surface area contributed by atoms with Gasteiger partial charge in [-0.2, -0.15) is 18.3 Å². The molecule has 0 saturated carbocycles. The van der Waals surface area contributed by atoms with Crippen molar-refractivity contribution in [2.45, 2.75) is 13.1 Å². The molecule has 7 heteroatoms. The zero-order valence-corrected chi connectivity index (χ0v) is 10.7. The standard InChI is InChI=1S/C13H11F3N2O2/c1-8(19)11-7-12(20-2)18(17-11)10-5-3-9(4-6-10)13(14,15)16/h3-7H,1-2H3. The minimum atomic E-state index is -4.39. The molecule has 0 aliphatic heterocycles. The van der Waals surface area contributed by atoms with E-state index in [1.807, 2.05) is 0 Å². The molecule has 0 atom stereocenters. The number of carbonyl (C=O) groups excluding carboxylic acids is 1. The van der Waals surface area contributed by atoms with Gasteiger partial charge in [-0.15, -0.1) is 0 Å². The molecule has 0 N–H and O–H groups in total. The predicted molar refractivity (Wildman–Crippen MR) is 65.1 cm³/mol. The van der Waals surface area contributed by atoms with E-state index in [0.29, 0.717) is 5.69 Å². The van der Waals surface area contributed by atoms with Gasteiger partial charge in [0.05, 0.1) is 18.4 Å². The Morgan fingerprint density at radius 3 is 2.30 bits per heavy atom. The zero-order valence-electron chi connectivity index (χ0n) is 10.7. The van der Waals surface area contributed by atoms with Crippen LogP contribution in [0.2, 0.25) is 0 Å². The molecule has 4 nitrogen and oxygen atoms in total. The summed E-state index contributed by atoms with van der Waals surface area (Å²) in [6.45, 7) is 1.35. The third-order valence-corrected chi connectivity index (χ3v) is 2.69. The smallest absolute Gasteiger partial charge is 0.416 e. The molecule has 1 aromatic carbocycles. The van der Waals surface area contributed by atoms with Crippen LogP contribution in [0.25, 0.3) is 5.69 Å².